The Balaban J connectivity index is 1.96. The van der Waals surface area contributed by atoms with Gasteiger partial charge in [-0.2, -0.15) is 0 Å². The molecule has 0 bridgehead atoms. The fourth-order valence-corrected chi connectivity index (χ4v) is 3.54. The summed E-state index contributed by atoms with van der Waals surface area (Å²) in [5, 5.41) is 5.64. The summed E-state index contributed by atoms with van der Waals surface area (Å²) in [7, 11) is 0. The summed E-state index contributed by atoms with van der Waals surface area (Å²) in [5.41, 5.74) is -0.274. The molecule has 3 amide bonds. The van der Waals surface area contributed by atoms with E-state index in [1.165, 1.54) is 24.3 Å². The number of ether oxygens (including phenoxy) is 1. The predicted octanol–water partition coefficient (Wildman–Crippen LogP) is 3.34. The fourth-order valence-electron chi connectivity index (χ4n) is 3.54. The molecule has 1 aromatic rings. The lowest BCUT2D eigenvalue weighted by Gasteiger charge is -2.28. The van der Waals surface area contributed by atoms with Gasteiger partial charge in [0, 0.05) is 24.7 Å². The van der Waals surface area contributed by atoms with Gasteiger partial charge in [0.25, 0.3) is 5.91 Å². The van der Waals surface area contributed by atoms with Gasteiger partial charge in [-0.25, -0.2) is 9.18 Å². The molecular weight excluding hydrogens is 401 g/mol. The highest BCUT2D eigenvalue weighted by Crippen LogP contribution is 2.22. The quantitative estimate of drug-likeness (QED) is 0.717. The SMILES string of the molecule is CC(C)[C@H](NC(=O)c1ccc(F)cc1)C(=O)N1CC[C@@H]([C@@H](C)NC(=O)OC(C)(C)C)C1. The van der Waals surface area contributed by atoms with Crippen LogP contribution in [0.5, 0.6) is 0 Å². The highest BCUT2D eigenvalue weighted by Gasteiger charge is 2.36. The van der Waals surface area contributed by atoms with Crippen LogP contribution < -0.4 is 10.6 Å². The minimum atomic E-state index is -0.689. The number of nitrogens with one attached hydrogen (secondary N) is 2. The summed E-state index contributed by atoms with van der Waals surface area (Å²) < 4.78 is 18.4. The first kappa shape index (κ1) is 24.6. The Kier molecular flexibility index (Phi) is 8.03. The van der Waals surface area contributed by atoms with Gasteiger partial charge in [-0.15, -0.1) is 0 Å². The zero-order chi connectivity index (χ0) is 23.3. The number of carbonyl (C=O) groups is 3. The summed E-state index contributed by atoms with van der Waals surface area (Å²) in [6.45, 7) is 12.1. The van der Waals surface area contributed by atoms with E-state index >= 15 is 0 Å². The molecule has 1 fully saturated rings. The zero-order valence-corrected chi connectivity index (χ0v) is 19.2. The van der Waals surface area contributed by atoms with Crippen molar-refractivity contribution in [2.45, 2.75) is 65.6 Å². The van der Waals surface area contributed by atoms with Gasteiger partial charge in [0.2, 0.25) is 5.91 Å². The van der Waals surface area contributed by atoms with E-state index in [4.69, 9.17) is 4.74 Å². The molecule has 0 radical (unpaired) electrons. The molecule has 1 saturated heterocycles. The van der Waals surface area contributed by atoms with Crippen LogP contribution in [0.15, 0.2) is 24.3 Å². The third kappa shape index (κ3) is 7.22. The van der Waals surface area contributed by atoms with E-state index in [1.807, 2.05) is 20.8 Å². The zero-order valence-electron chi connectivity index (χ0n) is 19.2. The van der Waals surface area contributed by atoms with E-state index in [1.54, 1.807) is 25.7 Å². The van der Waals surface area contributed by atoms with Crippen molar-refractivity contribution in [2.24, 2.45) is 11.8 Å². The van der Waals surface area contributed by atoms with Gasteiger partial charge in [0.05, 0.1) is 0 Å². The predicted molar refractivity (Wildman–Crippen MR) is 116 cm³/mol. The molecule has 3 atom stereocenters. The van der Waals surface area contributed by atoms with Crippen LogP contribution in [0, 0.1) is 17.7 Å². The summed E-state index contributed by atoms with van der Waals surface area (Å²) >= 11 is 0. The third-order valence-electron chi connectivity index (χ3n) is 5.31. The topological polar surface area (TPSA) is 87.7 Å². The smallest absolute Gasteiger partial charge is 0.407 e. The van der Waals surface area contributed by atoms with Gasteiger partial charge >= 0.3 is 6.09 Å². The van der Waals surface area contributed by atoms with E-state index in [9.17, 15) is 18.8 Å². The molecule has 0 unspecified atom stereocenters. The molecule has 2 N–H and O–H groups in total. The third-order valence-corrected chi connectivity index (χ3v) is 5.31. The lowest BCUT2D eigenvalue weighted by Crippen LogP contribution is -2.51. The standard InChI is InChI=1S/C23H34FN3O4/c1-14(2)19(26-20(28)16-7-9-18(24)10-8-16)21(29)27-12-11-17(13-27)15(3)25-22(30)31-23(4,5)6/h7-10,14-15,17,19H,11-13H2,1-6H3,(H,25,30)(H,26,28)/t15-,17-,19+/m1/s1. The number of likely N-dealkylation sites (tertiary alicyclic amines) is 1. The van der Waals surface area contributed by atoms with E-state index < -0.39 is 29.5 Å². The van der Waals surface area contributed by atoms with Crippen molar-refractivity contribution in [3.05, 3.63) is 35.6 Å². The Morgan fingerprint density at radius 3 is 2.26 bits per heavy atom. The number of nitrogens with zero attached hydrogens (tertiary/aromatic N) is 1. The highest BCUT2D eigenvalue weighted by molar-refractivity contribution is 5.97. The molecule has 31 heavy (non-hydrogen) atoms. The number of carbonyl (C=O) groups excluding carboxylic acids is 3. The number of rotatable bonds is 6. The highest BCUT2D eigenvalue weighted by atomic mass is 19.1. The summed E-state index contributed by atoms with van der Waals surface area (Å²) in [6.07, 6.45) is 0.274. The maximum atomic E-state index is 13.1. The van der Waals surface area contributed by atoms with Gasteiger partial charge in [-0.3, -0.25) is 9.59 Å². The Morgan fingerprint density at radius 2 is 1.71 bits per heavy atom. The molecule has 0 aliphatic carbocycles. The van der Waals surface area contributed by atoms with Crippen molar-refractivity contribution in [3.63, 3.8) is 0 Å². The van der Waals surface area contributed by atoms with Gasteiger partial charge in [-0.05, 0) is 70.2 Å². The fraction of sp³-hybridized carbons (Fsp3) is 0.609. The van der Waals surface area contributed by atoms with Crippen molar-refractivity contribution in [1.82, 2.24) is 15.5 Å². The molecule has 1 aliphatic heterocycles. The number of alkyl carbamates (subject to hydrolysis) is 1. The Bertz CT molecular complexity index is 789. The van der Waals surface area contributed by atoms with Crippen LogP contribution in [0.25, 0.3) is 0 Å². The average molecular weight is 436 g/mol. The van der Waals surface area contributed by atoms with Crippen LogP contribution in [0.3, 0.4) is 0 Å². The first-order valence-corrected chi connectivity index (χ1v) is 10.7. The van der Waals surface area contributed by atoms with E-state index in [2.05, 4.69) is 10.6 Å². The van der Waals surface area contributed by atoms with Gasteiger partial charge < -0.3 is 20.3 Å². The van der Waals surface area contributed by atoms with Gasteiger partial charge in [-0.1, -0.05) is 13.8 Å². The summed E-state index contributed by atoms with van der Waals surface area (Å²) in [6, 6.07) is 4.37. The first-order chi connectivity index (χ1) is 14.4. The van der Waals surface area contributed by atoms with Gasteiger partial charge in [0.15, 0.2) is 0 Å². The van der Waals surface area contributed by atoms with E-state index in [-0.39, 0.29) is 23.8 Å². The second-order valence-electron chi connectivity index (χ2n) is 9.47. The average Bonchev–Trinajstić information content (AvgIpc) is 3.14. The molecule has 0 aromatic heterocycles. The van der Waals surface area contributed by atoms with Crippen molar-refractivity contribution < 1.29 is 23.5 Å². The molecule has 1 heterocycles. The maximum absolute atomic E-state index is 13.1. The minimum absolute atomic E-state index is 0.0945. The molecule has 7 nitrogen and oxygen atoms in total. The number of amides is 3. The molecule has 0 saturated carbocycles. The molecule has 1 aromatic carbocycles. The molecule has 8 heteroatoms. The van der Waals surface area contributed by atoms with Crippen molar-refractivity contribution >= 4 is 17.9 Å². The monoisotopic (exact) mass is 435 g/mol. The molecular formula is C23H34FN3O4. The first-order valence-electron chi connectivity index (χ1n) is 10.7. The van der Waals surface area contributed by atoms with E-state index in [0.717, 1.165) is 6.42 Å². The van der Waals surface area contributed by atoms with Crippen LogP contribution in [0.1, 0.15) is 58.3 Å². The van der Waals surface area contributed by atoms with Crippen LogP contribution in [0.4, 0.5) is 9.18 Å². The number of hydrogen-bond donors (Lipinski definition) is 2. The van der Waals surface area contributed by atoms with Crippen LogP contribution in [-0.2, 0) is 9.53 Å². The Hall–Kier alpha value is -2.64. The molecule has 0 spiro atoms. The number of benzene rings is 1. The normalized spacial score (nSPS) is 18.5. The molecule has 1 aliphatic rings. The summed E-state index contributed by atoms with van der Waals surface area (Å²) in [5.74, 6) is -1.02. The molecule has 2 rings (SSSR count). The summed E-state index contributed by atoms with van der Waals surface area (Å²) in [4.78, 5) is 39.4. The second kappa shape index (κ2) is 10.1. The number of halogens is 1. The Morgan fingerprint density at radius 1 is 1.10 bits per heavy atom. The Labute approximate surface area is 183 Å². The lowest BCUT2D eigenvalue weighted by atomic mass is 10.0. The van der Waals surface area contributed by atoms with Crippen molar-refractivity contribution in [2.75, 3.05) is 13.1 Å². The minimum Gasteiger partial charge on any atom is -0.444 e. The van der Waals surface area contributed by atoms with Crippen LogP contribution in [0.2, 0.25) is 0 Å². The van der Waals surface area contributed by atoms with Crippen molar-refractivity contribution in [1.29, 1.82) is 0 Å². The number of hydrogen-bond acceptors (Lipinski definition) is 4. The lowest BCUT2D eigenvalue weighted by molar-refractivity contribution is -0.133. The second-order valence-corrected chi connectivity index (χ2v) is 9.47. The van der Waals surface area contributed by atoms with E-state index in [0.29, 0.717) is 18.7 Å². The van der Waals surface area contributed by atoms with Crippen molar-refractivity contribution in [3.8, 4) is 0 Å². The largest absolute Gasteiger partial charge is 0.444 e. The molecule has 172 valence electrons. The maximum Gasteiger partial charge on any atom is 0.407 e. The van der Waals surface area contributed by atoms with Crippen LogP contribution >= 0.6 is 0 Å². The van der Waals surface area contributed by atoms with Crippen LogP contribution in [-0.4, -0.2) is 53.6 Å². The van der Waals surface area contributed by atoms with Gasteiger partial charge in [0.1, 0.15) is 17.5 Å².